The molecule has 200 valence electrons. The van der Waals surface area contributed by atoms with Crippen LogP contribution in [0.2, 0.25) is 0 Å². The van der Waals surface area contributed by atoms with Gasteiger partial charge in [0.1, 0.15) is 0 Å². The maximum Gasteiger partial charge on any atom is 0.251 e. The van der Waals surface area contributed by atoms with Gasteiger partial charge >= 0.3 is 0 Å². The zero-order valence-electron chi connectivity index (χ0n) is 22.9. The first kappa shape index (κ1) is 26.6. The number of rotatable bonds is 8. The van der Waals surface area contributed by atoms with E-state index in [1.165, 1.54) is 16.7 Å². The number of nitrogens with zero attached hydrogens (tertiary/aromatic N) is 1. The normalized spacial score (nSPS) is 26.3. The van der Waals surface area contributed by atoms with Gasteiger partial charge in [0.25, 0.3) is 5.91 Å². The Morgan fingerprint density at radius 2 is 1.89 bits per heavy atom. The van der Waals surface area contributed by atoms with Gasteiger partial charge in [-0.3, -0.25) is 9.78 Å². The number of nitrogens with one attached hydrogen (secondary N) is 1. The van der Waals surface area contributed by atoms with E-state index in [1.807, 2.05) is 32.0 Å². The van der Waals surface area contributed by atoms with Gasteiger partial charge in [0.15, 0.2) is 0 Å². The minimum absolute atomic E-state index is 0.0590. The molecule has 0 spiro atoms. The number of aromatic nitrogens is 1. The van der Waals surface area contributed by atoms with E-state index < -0.39 is 5.60 Å². The Morgan fingerprint density at radius 1 is 1.08 bits per heavy atom. The highest BCUT2D eigenvalue weighted by Gasteiger charge is 2.58. The topological polar surface area (TPSA) is 71.5 Å². The molecule has 38 heavy (non-hydrogen) atoms. The Kier molecular flexibility index (Phi) is 7.43. The molecule has 1 heterocycles. The van der Waals surface area contributed by atoms with E-state index in [0.717, 1.165) is 43.4 Å². The summed E-state index contributed by atoms with van der Waals surface area (Å²) in [7, 11) is 0. The van der Waals surface area contributed by atoms with Crippen LogP contribution >= 0.6 is 0 Å². The van der Waals surface area contributed by atoms with E-state index >= 15 is 0 Å². The van der Waals surface area contributed by atoms with Crippen molar-refractivity contribution in [1.82, 2.24) is 10.3 Å². The number of amides is 1. The van der Waals surface area contributed by atoms with Gasteiger partial charge in [-0.15, -0.1) is 0 Å². The highest BCUT2D eigenvalue weighted by molar-refractivity contribution is 5.94. The van der Waals surface area contributed by atoms with Crippen molar-refractivity contribution < 1.29 is 14.6 Å². The minimum Gasteiger partial charge on any atom is -0.387 e. The van der Waals surface area contributed by atoms with Gasteiger partial charge in [-0.1, -0.05) is 49.4 Å². The number of hydrogen-bond donors (Lipinski definition) is 2. The molecule has 1 saturated carbocycles. The summed E-state index contributed by atoms with van der Waals surface area (Å²) in [5.41, 5.74) is 5.59. The molecule has 2 aliphatic carbocycles. The predicted molar refractivity (Wildman–Crippen MR) is 150 cm³/mol. The Labute approximate surface area is 226 Å². The zero-order valence-corrected chi connectivity index (χ0v) is 22.9. The monoisotopic (exact) mass is 512 g/mol. The molecule has 1 fully saturated rings. The molecule has 0 saturated heterocycles. The van der Waals surface area contributed by atoms with Crippen molar-refractivity contribution >= 4 is 5.91 Å². The second-order valence-electron chi connectivity index (χ2n) is 11.6. The maximum absolute atomic E-state index is 13.1. The fraction of sp³-hybridized carbons (Fsp3) is 0.455. The van der Waals surface area contributed by atoms with Crippen molar-refractivity contribution in [2.24, 2.45) is 5.41 Å². The van der Waals surface area contributed by atoms with E-state index in [2.05, 4.69) is 59.7 Å². The lowest BCUT2D eigenvalue weighted by Crippen LogP contribution is -2.58. The van der Waals surface area contributed by atoms with Crippen LogP contribution in [0, 0.1) is 12.3 Å². The molecule has 1 amide bonds. The quantitative estimate of drug-likeness (QED) is 0.406. The summed E-state index contributed by atoms with van der Waals surface area (Å²) in [5.74, 6) is -0.0590. The molecule has 0 aliphatic heterocycles. The first-order valence-electron chi connectivity index (χ1n) is 13.9. The Morgan fingerprint density at radius 3 is 2.66 bits per heavy atom. The largest absolute Gasteiger partial charge is 0.387 e. The molecule has 1 aromatic heterocycles. The third-order valence-corrected chi connectivity index (χ3v) is 9.20. The molecular formula is C33H40N2O3. The second kappa shape index (κ2) is 10.6. The van der Waals surface area contributed by atoms with Crippen molar-refractivity contribution in [1.29, 1.82) is 0 Å². The van der Waals surface area contributed by atoms with Crippen LogP contribution in [-0.4, -0.2) is 34.8 Å². The van der Waals surface area contributed by atoms with Crippen LogP contribution in [0.1, 0.15) is 77.8 Å². The average Bonchev–Trinajstić information content (AvgIpc) is 2.92. The third-order valence-electron chi connectivity index (χ3n) is 9.20. The smallest absolute Gasteiger partial charge is 0.251 e. The molecule has 2 aliphatic rings. The summed E-state index contributed by atoms with van der Waals surface area (Å²) in [6, 6.07) is 20.9. The van der Waals surface area contributed by atoms with E-state index in [1.54, 1.807) is 6.20 Å². The molecule has 5 rings (SSSR count). The molecule has 0 radical (unpaired) electrons. The lowest BCUT2D eigenvalue weighted by atomic mass is 9.45. The first-order valence-corrected chi connectivity index (χ1v) is 13.9. The lowest BCUT2D eigenvalue weighted by molar-refractivity contribution is -0.128. The van der Waals surface area contributed by atoms with Crippen LogP contribution in [0.4, 0.5) is 0 Å². The van der Waals surface area contributed by atoms with Gasteiger partial charge in [0, 0.05) is 36.0 Å². The fourth-order valence-electron chi connectivity index (χ4n) is 7.08. The standard InChI is InChI=1S/C33H40N2O3/c1-4-38-23-32(37)16-17-33(20-25-9-6-5-7-10-25)29-13-12-27(19-26(29)14-15-31(33,3)22-32)30(36)35-21-28-11-8-18-34-24(28)2/h5-13,18-19,37H,4,14-17,20-23H2,1-3H3,(H,35,36)/t31-,32-,33-/m1/s1. The molecule has 5 nitrogen and oxygen atoms in total. The van der Waals surface area contributed by atoms with Gasteiger partial charge in [0.2, 0.25) is 0 Å². The molecule has 2 N–H and O–H groups in total. The van der Waals surface area contributed by atoms with E-state index in [0.29, 0.717) is 31.7 Å². The number of carbonyl (C=O) groups is 1. The van der Waals surface area contributed by atoms with Crippen LogP contribution in [0.25, 0.3) is 0 Å². The average molecular weight is 513 g/mol. The Hall–Kier alpha value is -3.02. The third kappa shape index (κ3) is 5.02. The summed E-state index contributed by atoms with van der Waals surface area (Å²) in [6.45, 7) is 7.78. The number of benzene rings is 2. The predicted octanol–water partition coefficient (Wildman–Crippen LogP) is 5.70. The SMILES string of the molecule is CCOC[C@@]1(O)CC[C@@]2(Cc3ccccc3)c3ccc(C(=O)NCc4cccnc4C)cc3CC[C@]2(C)C1. The molecule has 3 atom stereocenters. The summed E-state index contributed by atoms with van der Waals surface area (Å²) in [6.07, 6.45) is 6.89. The van der Waals surface area contributed by atoms with Gasteiger partial charge in [-0.05, 0) is 98.2 Å². The molecule has 2 aromatic carbocycles. The highest BCUT2D eigenvalue weighted by atomic mass is 16.5. The molecular weight excluding hydrogens is 472 g/mol. The van der Waals surface area contributed by atoms with Crippen LogP contribution in [0.15, 0.2) is 66.9 Å². The lowest BCUT2D eigenvalue weighted by Gasteiger charge is -2.60. The van der Waals surface area contributed by atoms with Crippen molar-refractivity contribution in [3.63, 3.8) is 0 Å². The minimum atomic E-state index is -0.799. The van der Waals surface area contributed by atoms with Crippen molar-refractivity contribution in [2.45, 2.75) is 76.9 Å². The van der Waals surface area contributed by atoms with Gasteiger partial charge < -0.3 is 15.2 Å². The van der Waals surface area contributed by atoms with Gasteiger partial charge in [-0.2, -0.15) is 0 Å². The molecule has 3 aromatic rings. The Balaban J connectivity index is 1.46. The van der Waals surface area contributed by atoms with Crippen molar-refractivity contribution in [3.8, 4) is 0 Å². The molecule has 0 bridgehead atoms. The maximum atomic E-state index is 13.1. The summed E-state index contributed by atoms with van der Waals surface area (Å²) in [4.78, 5) is 17.5. The summed E-state index contributed by atoms with van der Waals surface area (Å²) < 4.78 is 5.73. The number of aliphatic hydroxyl groups is 1. The first-order chi connectivity index (χ1) is 18.3. The molecule has 5 heteroatoms. The number of aryl methyl sites for hydroxylation is 2. The van der Waals surface area contributed by atoms with E-state index in [4.69, 9.17) is 4.74 Å². The van der Waals surface area contributed by atoms with Crippen LogP contribution < -0.4 is 5.32 Å². The number of ether oxygens (including phenoxy) is 1. The summed E-state index contributed by atoms with van der Waals surface area (Å²) in [5, 5.41) is 14.6. The van der Waals surface area contributed by atoms with Crippen LogP contribution in [0.3, 0.4) is 0 Å². The van der Waals surface area contributed by atoms with E-state index in [-0.39, 0.29) is 16.7 Å². The van der Waals surface area contributed by atoms with E-state index in [9.17, 15) is 9.90 Å². The van der Waals surface area contributed by atoms with Crippen molar-refractivity contribution in [2.75, 3.05) is 13.2 Å². The zero-order chi connectivity index (χ0) is 26.8. The number of pyridine rings is 1. The van der Waals surface area contributed by atoms with Crippen LogP contribution in [-0.2, 0) is 29.5 Å². The van der Waals surface area contributed by atoms with Crippen LogP contribution in [0.5, 0.6) is 0 Å². The number of carbonyl (C=O) groups excluding carboxylic acids is 1. The molecule has 0 unspecified atom stereocenters. The van der Waals surface area contributed by atoms with Gasteiger partial charge in [0.05, 0.1) is 12.2 Å². The van der Waals surface area contributed by atoms with Gasteiger partial charge in [-0.25, -0.2) is 0 Å². The van der Waals surface area contributed by atoms with Crippen molar-refractivity contribution in [3.05, 3.63) is 100 Å². The number of fused-ring (bicyclic) bond motifs is 3. The fourth-order valence-corrected chi connectivity index (χ4v) is 7.08. The highest BCUT2D eigenvalue weighted by Crippen LogP contribution is 2.61. The second-order valence-corrected chi connectivity index (χ2v) is 11.6. The number of hydrogen-bond acceptors (Lipinski definition) is 4. The summed E-state index contributed by atoms with van der Waals surface area (Å²) >= 11 is 0. The Bertz CT molecular complexity index is 1290.